The van der Waals surface area contributed by atoms with E-state index in [1.807, 2.05) is 18.2 Å². The standard InChI is InChI=1S/C15H23ClN2O/c1-2-18(11-14-7-4-8-19-14)15(10-17)12-5-3-6-13(16)9-12/h3,5-6,9,14-15H,2,4,7-8,10-11,17H2,1H3. The van der Waals surface area contributed by atoms with Gasteiger partial charge in [0.1, 0.15) is 0 Å². The molecule has 0 radical (unpaired) electrons. The zero-order valence-corrected chi connectivity index (χ0v) is 12.3. The van der Waals surface area contributed by atoms with Crippen LogP contribution in [0.2, 0.25) is 5.02 Å². The molecule has 0 amide bonds. The van der Waals surface area contributed by atoms with Gasteiger partial charge in [-0.3, -0.25) is 4.90 Å². The molecular formula is C15H23ClN2O. The first-order valence-electron chi connectivity index (χ1n) is 7.05. The van der Waals surface area contributed by atoms with Gasteiger partial charge in [-0.1, -0.05) is 30.7 Å². The van der Waals surface area contributed by atoms with Gasteiger partial charge in [0, 0.05) is 30.8 Å². The quantitative estimate of drug-likeness (QED) is 0.872. The Labute approximate surface area is 120 Å². The largest absolute Gasteiger partial charge is 0.377 e. The Balaban J connectivity index is 2.08. The second-order valence-electron chi connectivity index (χ2n) is 5.03. The Bertz CT molecular complexity index is 393. The zero-order valence-electron chi connectivity index (χ0n) is 11.5. The summed E-state index contributed by atoms with van der Waals surface area (Å²) in [7, 11) is 0. The summed E-state index contributed by atoms with van der Waals surface area (Å²) in [6.45, 7) is 5.58. The Hall–Kier alpha value is -0.610. The van der Waals surface area contributed by atoms with Gasteiger partial charge >= 0.3 is 0 Å². The molecule has 1 aromatic carbocycles. The lowest BCUT2D eigenvalue weighted by molar-refractivity contribution is 0.0601. The molecule has 19 heavy (non-hydrogen) atoms. The fraction of sp³-hybridized carbons (Fsp3) is 0.600. The molecule has 1 aliphatic heterocycles. The van der Waals surface area contributed by atoms with Crippen molar-refractivity contribution in [2.75, 3.05) is 26.2 Å². The molecule has 2 rings (SSSR count). The average molecular weight is 283 g/mol. The van der Waals surface area contributed by atoms with Crippen molar-refractivity contribution in [3.8, 4) is 0 Å². The monoisotopic (exact) mass is 282 g/mol. The summed E-state index contributed by atoms with van der Waals surface area (Å²) < 4.78 is 5.73. The molecule has 2 N–H and O–H groups in total. The molecule has 1 aromatic rings. The first-order chi connectivity index (χ1) is 9.24. The van der Waals surface area contributed by atoms with Gasteiger partial charge in [0.05, 0.1) is 6.10 Å². The number of benzene rings is 1. The maximum Gasteiger partial charge on any atom is 0.0703 e. The van der Waals surface area contributed by atoms with Gasteiger partial charge in [-0.15, -0.1) is 0 Å². The summed E-state index contributed by atoms with van der Waals surface area (Å²) in [5, 5.41) is 0.768. The SMILES string of the molecule is CCN(CC1CCCO1)C(CN)c1cccc(Cl)c1. The molecule has 1 fully saturated rings. The second-order valence-corrected chi connectivity index (χ2v) is 5.47. The van der Waals surface area contributed by atoms with Crippen LogP contribution in [0.15, 0.2) is 24.3 Å². The number of nitrogens with two attached hydrogens (primary N) is 1. The number of hydrogen-bond acceptors (Lipinski definition) is 3. The molecular weight excluding hydrogens is 260 g/mol. The van der Waals surface area contributed by atoms with Crippen LogP contribution >= 0.6 is 11.6 Å². The maximum atomic E-state index is 6.08. The molecule has 0 saturated carbocycles. The number of hydrogen-bond donors (Lipinski definition) is 1. The molecule has 106 valence electrons. The summed E-state index contributed by atoms with van der Waals surface area (Å²) in [4.78, 5) is 2.39. The van der Waals surface area contributed by atoms with Gasteiger partial charge in [0.15, 0.2) is 0 Å². The van der Waals surface area contributed by atoms with Gasteiger partial charge in [0.25, 0.3) is 0 Å². The summed E-state index contributed by atoms with van der Waals surface area (Å²) in [5.41, 5.74) is 7.17. The molecule has 0 spiro atoms. The van der Waals surface area contributed by atoms with Crippen LogP contribution in [0.1, 0.15) is 31.4 Å². The molecule has 2 atom stereocenters. The highest BCUT2D eigenvalue weighted by atomic mass is 35.5. The Morgan fingerprint density at radius 1 is 1.53 bits per heavy atom. The molecule has 0 aromatic heterocycles. The predicted octanol–water partition coefficient (Wildman–Crippen LogP) is 2.84. The van der Waals surface area contributed by atoms with E-state index >= 15 is 0 Å². The normalized spacial score (nSPS) is 20.9. The van der Waals surface area contributed by atoms with E-state index in [1.165, 1.54) is 12.0 Å². The van der Waals surface area contributed by atoms with Crippen molar-refractivity contribution in [3.05, 3.63) is 34.9 Å². The van der Waals surface area contributed by atoms with Crippen LogP contribution in [0.3, 0.4) is 0 Å². The number of rotatable bonds is 6. The van der Waals surface area contributed by atoms with Crippen LogP contribution in [0.25, 0.3) is 0 Å². The van der Waals surface area contributed by atoms with E-state index in [-0.39, 0.29) is 6.04 Å². The van der Waals surface area contributed by atoms with Crippen molar-refractivity contribution < 1.29 is 4.74 Å². The molecule has 0 bridgehead atoms. The van der Waals surface area contributed by atoms with Gasteiger partial charge < -0.3 is 10.5 Å². The van der Waals surface area contributed by atoms with Crippen molar-refractivity contribution in [2.24, 2.45) is 5.73 Å². The van der Waals surface area contributed by atoms with Crippen LogP contribution in [-0.4, -0.2) is 37.2 Å². The minimum Gasteiger partial charge on any atom is -0.377 e. The molecule has 1 saturated heterocycles. The molecule has 2 unspecified atom stereocenters. The molecule has 1 aliphatic rings. The summed E-state index contributed by atoms with van der Waals surface area (Å²) in [5.74, 6) is 0. The molecule has 4 heteroatoms. The first kappa shape index (κ1) is 14.8. The number of ether oxygens (including phenoxy) is 1. The number of halogens is 1. The minimum atomic E-state index is 0.216. The highest BCUT2D eigenvalue weighted by Crippen LogP contribution is 2.24. The fourth-order valence-electron chi connectivity index (χ4n) is 2.74. The Morgan fingerprint density at radius 3 is 2.95 bits per heavy atom. The van der Waals surface area contributed by atoms with E-state index < -0.39 is 0 Å². The smallest absolute Gasteiger partial charge is 0.0703 e. The van der Waals surface area contributed by atoms with Crippen molar-refractivity contribution in [1.82, 2.24) is 4.90 Å². The third-order valence-corrected chi connectivity index (χ3v) is 4.00. The van der Waals surface area contributed by atoms with E-state index in [1.54, 1.807) is 0 Å². The van der Waals surface area contributed by atoms with Crippen molar-refractivity contribution in [3.63, 3.8) is 0 Å². The number of likely N-dealkylation sites (N-methyl/N-ethyl adjacent to an activating group) is 1. The van der Waals surface area contributed by atoms with Crippen molar-refractivity contribution in [1.29, 1.82) is 0 Å². The number of nitrogens with zero attached hydrogens (tertiary/aromatic N) is 1. The van der Waals surface area contributed by atoms with Gasteiger partial charge in [-0.05, 0) is 37.1 Å². The maximum absolute atomic E-state index is 6.08. The zero-order chi connectivity index (χ0) is 13.7. The molecule has 3 nitrogen and oxygen atoms in total. The highest BCUT2D eigenvalue weighted by molar-refractivity contribution is 6.30. The fourth-order valence-corrected chi connectivity index (χ4v) is 2.94. The van der Waals surface area contributed by atoms with Crippen LogP contribution < -0.4 is 5.73 Å². The van der Waals surface area contributed by atoms with E-state index in [4.69, 9.17) is 22.1 Å². The second kappa shape index (κ2) is 7.25. The summed E-state index contributed by atoms with van der Waals surface area (Å²) in [6, 6.07) is 8.21. The summed E-state index contributed by atoms with van der Waals surface area (Å²) >= 11 is 6.08. The first-order valence-corrected chi connectivity index (χ1v) is 7.43. The van der Waals surface area contributed by atoms with E-state index in [2.05, 4.69) is 17.9 Å². The Kier molecular flexibility index (Phi) is 5.64. The lowest BCUT2D eigenvalue weighted by Gasteiger charge is -2.32. The van der Waals surface area contributed by atoms with Gasteiger partial charge in [-0.2, -0.15) is 0 Å². The van der Waals surface area contributed by atoms with Crippen LogP contribution in [0.5, 0.6) is 0 Å². The van der Waals surface area contributed by atoms with E-state index in [0.717, 1.165) is 31.1 Å². The van der Waals surface area contributed by atoms with Crippen LogP contribution in [-0.2, 0) is 4.74 Å². The topological polar surface area (TPSA) is 38.5 Å². The third kappa shape index (κ3) is 3.93. The minimum absolute atomic E-state index is 0.216. The Morgan fingerprint density at radius 2 is 2.37 bits per heavy atom. The predicted molar refractivity (Wildman–Crippen MR) is 79.5 cm³/mol. The van der Waals surface area contributed by atoms with E-state index in [9.17, 15) is 0 Å². The molecule has 1 heterocycles. The van der Waals surface area contributed by atoms with Crippen molar-refractivity contribution in [2.45, 2.75) is 31.9 Å². The molecule has 0 aliphatic carbocycles. The average Bonchev–Trinajstić information content (AvgIpc) is 2.91. The van der Waals surface area contributed by atoms with Crippen LogP contribution in [0, 0.1) is 0 Å². The lowest BCUT2D eigenvalue weighted by atomic mass is 10.0. The summed E-state index contributed by atoms with van der Waals surface area (Å²) in [6.07, 6.45) is 2.68. The lowest BCUT2D eigenvalue weighted by Crippen LogP contribution is -2.38. The van der Waals surface area contributed by atoms with Crippen molar-refractivity contribution >= 4 is 11.6 Å². The van der Waals surface area contributed by atoms with E-state index in [0.29, 0.717) is 12.6 Å². The van der Waals surface area contributed by atoms with Gasteiger partial charge in [-0.25, -0.2) is 0 Å². The van der Waals surface area contributed by atoms with Gasteiger partial charge in [0.2, 0.25) is 0 Å². The third-order valence-electron chi connectivity index (χ3n) is 3.77. The van der Waals surface area contributed by atoms with Crippen LogP contribution in [0.4, 0.5) is 0 Å². The highest BCUT2D eigenvalue weighted by Gasteiger charge is 2.24.